The third-order valence-electron chi connectivity index (χ3n) is 4.90. The van der Waals surface area contributed by atoms with E-state index < -0.39 is 15.9 Å². The number of carbonyl (C=O) groups is 1. The standard InChI is InChI=1S/C24H24ClNO3S/c1-3-4-8-19-10-14-21(15-11-19)26(24(27)23-9-6-5-7-18(23)2)30(28,29)22-16-12-20(25)13-17-22/h5-7,9-17H,3-4,8H2,1-2H3. The van der Waals surface area contributed by atoms with Crippen LogP contribution in [-0.2, 0) is 16.4 Å². The van der Waals surface area contributed by atoms with Crippen molar-refractivity contribution in [2.24, 2.45) is 0 Å². The van der Waals surface area contributed by atoms with Gasteiger partial charge in [0.25, 0.3) is 15.9 Å². The second kappa shape index (κ2) is 9.45. The van der Waals surface area contributed by atoms with Gasteiger partial charge in [0.2, 0.25) is 0 Å². The first-order chi connectivity index (χ1) is 14.3. The first-order valence-corrected chi connectivity index (χ1v) is 11.7. The Hall–Kier alpha value is -2.63. The minimum atomic E-state index is -4.14. The van der Waals surface area contributed by atoms with Crippen molar-refractivity contribution < 1.29 is 13.2 Å². The Labute approximate surface area is 183 Å². The van der Waals surface area contributed by atoms with Crippen LogP contribution in [0.15, 0.2) is 77.7 Å². The number of unbranched alkanes of at least 4 members (excludes halogenated alkanes) is 1. The molecule has 156 valence electrons. The van der Waals surface area contributed by atoms with Gasteiger partial charge in [0.1, 0.15) is 0 Å². The van der Waals surface area contributed by atoms with Crippen LogP contribution in [0.5, 0.6) is 0 Å². The fourth-order valence-corrected chi connectivity index (χ4v) is 4.71. The lowest BCUT2D eigenvalue weighted by molar-refractivity contribution is 0.100. The predicted molar refractivity (Wildman–Crippen MR) is 122 cm³/mol. The maximum Gasteiger partial charge on any atom is 0.272 e. The van der Waals surface area contributed by atoms with Crippen molar-refractivity contribution >= 4 is 33.2 Å². The Morgan fingerprint density at radius 1 is 0.933 bits per heavy atom. The maximum atomic E-state index is 13.5. The topological polar surface area (TPSA) is 54.5 Å². The Morgan fingerprint density at radius 2 is 1.57 bits per heavy atom. The molecule has 0 unspecified atom stereocenters. The molecule has 0 N–H and O–H groups in total. The first-order valence-electron chi connectivity index (χ1n) is 9.84. The van der Waals surface area contributed by atoms with Gasteiger partial charge in [-0.05, 0) is 73.4 Å². The molecule has 0 aromatic heterocycles. The van der Waals surface area contributed by atoms with Crippen molar-refractivity contribution in [1.29, 1.82) is 0 Å². The van der Waals surface area contributed by atoms with E-state index in [1.165, 1.54) is 24.3 Å². The number of amides is 1. The summed E-state index contributed by atoms with van der Waals surface area (Å²) in [5, 5.41) is 0.422. The van der Waals surface area contributed by atoms with Crippen LogP contribution in [0, 0.1) is 6.92 Å². The molecule has 4 nitrogen and oxygen atoms in total. The minimum Gasteiger partial charge on any atom is -0.268 e. The van der Waals surface area contributed by atoms with E-state index in [4.69, 9.17) is 11.6 Å². The zero-order valence-corrected chi connectivity index (χ0v) is 18.6. The van der Waals surface area contributed by atoms with Gasteiger partial charge >= 0.3 is 0 Å². The second-order valence-corrected chi connectivity index (χ2v) is 9.34. The number of carbonyl (C=O) groups excluding carboxylic acids is 1. The van der Waals surface area contributed by atoms with Crippen molar-refractivity contribution in [1.82, 2.24) is 0 Å². The molecule has 3 aromatic rings. The lowest BCUT2D eigenvalue weighted by atomic mass is 10.1. The van der Waals surface area contributed by atoms with Crippen LogP contribution in [0.4, 0.5) is 5.69 Å². The van der Waals surface area contributed by atoms with E-state index in [0.717, 1.165) is 29.1 Å². The number of sulfonamides is 1. The Balaban J connectivity index is 2.10. The van der Waals surface area contributed by atoms with Crippen molar-refractivity contribution in [2.45, 2.75) is 38.0 Å². The molecule has 0 aliphatic heterocycles. The van der Waals surface area contributed by atoms with Gasteiger partial charge in [-0.2, -0.15) is 4.31 Å². The number of halogens is 1. The molecule has 0 heterocycles. The average Bonchev–Trinajstić information content (AvgIpc) is 2.73. The van der Waals surface area contributed by atoms with Crippen LogP contribution in [0.3, 0.4) is 0 Å². The molecule has 0 fully saturated rings. The summed E-state index contributed by atoms with van der Waals surface area (Å²) in [6.07, 6.45) is 3.03. The molecule has 0 atom stereocenters. The molecule has 0 saturated carbocycles. The molecular formula is C24H24ClNO3S. The highest BCUT2D eigenvalue weighted by atomic mass is 35.5. The number of hydrogen-bond acceptors (Lipinski definition) is 3. The second-order valence-electron chi connectivity index (χ2n) is 7.11. The van der Waals surface area contributed by atoms with E-state index in [-0.39, 0.29) is 4.90 Å². The van der Waals surface area contributed by atoms with Gasteiger partial charge in [-0.25, -0.2) is 8.42 Å². The average molecular weight is 442 g/mol. The van der Waals surface area contributed by atoms with Crippen LogP contribution in [0.2, 0.25) is 5.02 Å². The summed E-state index contributed by atoms with van der Waals surface area (Å²) in [4.78, 5) is 13.4. The van der Waals surface area contributed by atoms with E-state index in [2.05, 4.69) is 6.92 Å². The van der Waals surface area contributed by atoms with Crippen LogP contribution in [0.1, 0.15) is 41.3 Å². The monoisotopic (exact) mass is 441 g/mol. The van der Waals surface area contributed by atoms with Gasteiger partial charge in [-0.1, -0.05) is 55.3 Å². The SMILES string of the molecule is CCCCc1ccc(N(C(=O)c2ccccc2C)S(=O)(=O)c2ccc(Cl)cc2)cc1. The molecule has 3 aromatic carbocycles. The van der Waals surface area contributed by atoms with E-state index in [1.54, 1.807) is 37.3 Å². The summed E-state index contributed by atoms with van der Waals surface area (Å²) in [5.74, 6) is -0.593. The third kappa shape index (κ3) is 4.74. The summed E-state index contributed by atoms with van der Waals surface area (Å²) in [6, 6.07) is 19.9. The lowest BCUT2D eigenvalue weighted by Crippen LogP contribution is -2.37. The molecule has 1 amide bonds. The van der Waals surface area contributed by atoms with Crippen molar-refractivity contribution in [3.05, 3.63) is 94.5 Å². The first kappa shape index (κ1) is 22.1. The Kier molecular flexibility index (Phi) is 6.95. The highest BCUT2D eigenvalue weighted by Gasteiger charge is 2.32. The number of rotatable bonds is 7. The fraction of sp³-hybridized carbons (Fsp3) is 0.208. The highest BCUT2D eigenvalue weighted by molar-refractivity contribution is 7.93. The molecule has 0 bridgehead atoms. The van der Waals surface area contributed by atoms with Gasteiger partial charge in [-0.15, -0.1) is 0 Å². The summed E-state index contributed by atoms with van der Waals surface area (Å²) >= 11 is 5.92. The molecule has 3 rings (SSSR count). The molecule has 30 heavy (non-hydrogen) atoms. The number of hydrogen-bond donors (Lipinski definition) is 0. The number of anilines is 1. The predicted octanol–water partition coefficient (Wildman–Crippen LogP) is 6.03. The number of aryl methyl sites for hydroxylation is 2. The fourth-order valence-electron chi connectivity index (χ4n) is 3.18. The summed E-state index contributed by atoms with van der Waals surface area (Å²) in [7, 11) is -4.14. The van der Waals surface area contributed by atoms with Crippen LogP contribution in [-0.4, -0.2) is 14.3 Å². The Morgan fingerprint density at radius 3 is 2.17 bits per heavy atom. The number of nitrogens with zero attached hydrogens (tertiary/aromatic N) is 1. The van der Waals surface area contributed by atoms with Gasteiger partial charge < -0.3 is 0 Å². The van der Waals surface area contributed by atoms with Crippen LogP contribution in [0.25, 0.3) is 0 Å². The van der Waals surface area contributed by atoms with Crippen molar-refractivity contribution in [3.63, 3.8) is 0 Å². The highest BCUT2D eigenvalue weighted by Crippen LogP contribution is 2.28. The molecule has 6 heteroatoms. The van der Waals surface area contributed by atoms with E-state index >= 15 is 0 Å². The zero-order valence-electron chi connectivity index (χ0n) is 17.0. The quantitative estimate of drug-likeness (QED) is 0.450. The summed E-state index contributed by atoms with van der Waals surface area (Å²) in [5.41, 5.74) is 2.45. The maximum absolute atomic E-state index is 13.5. The van der Waals surface area contributed by atoms with Crippen molar-refractivity contribution in [3.8, 4) is 0 Å². The molecule has 0 aliphatic carbocycles. The lowest BCUT2D eigenvalue weighted by Gasteiger charge is -2.24. The zero-order chi connectivity index (χ0) is 21.7. The molecule has 0 spiro atoms. The molecule has 0 radical (unpaired) electrons. The molecule has 0 saturated heterocycles. The van der Waals surface area contributed by atoms with Crippen molar-refractivity contribution in [2.75, 3.05) is 4.31 Å². The Bertz CT molecular complexity index is 1120. The third-order valence-corrected chi connectivity index (χ3v) is 6.88. The summed E-state index contributed by atoms with van der Waals surface area (Å²) in [6.45, 7) is 3.91. The van der Waals surface area contributed by atoms with Gasteiger partial charge in [0.05, 0.1) is 10.6 Å². The van der Waals surface area contributed by atoms with E-state index in [9.17, 15) is 13.2 Å². The van der Waals surface area contributed by atoms with E-state index in [0.29, 0.717) is 21.8 Å². The van der Waals surface area contributed by atoms with Crippen LogP contribution < -0.4 is 4.31 Å². The van der Waals surface area contributed by atoms with E-state index in [1.807, 2.05) is 18.2 Å². The normalized spacial score (nSPS) is 11.3. The molecule has 0 aliphatic rings. The minimum absolute atomic E-state index is 0.00361. The largest absolute Gasteiger partial charge is 0.272 e. The van der Waals surface area contributed by atoms with Gasteiger partial charge in [0.15, 0.2) is 0 Å². The van der Waals surface area contributed by atoms with Gasteiger partial charge in [-0.3, -0.25) is 4.79 Å². The summed E-state index contributed by atoms with van der Waals surface area (Å²) < 4.78 is 27.9. The molecular weight excluding hydrogens is 418 g/mol. The van der Waals surface area contributed by atoms with Gasteiger partial charge in [0, 0.05) is 10.6 Å². The smallest absolute Gasteiger partial charge is 0.268 e. The van der Waals surface area contributed by atoms with Crippen LogP contribution >= 0.6 is 11.6 Å². The number of benzene rings is 3.